The molecule has 0 radical (unpaired) electrons. The van der Waals surface area contributed by atoms with Gasteiger partial charge in [-0.05, 0) is 49.5 Å². The van der Waals surface area contributed by atoms with Gasteiger partial charge in [0.2, 0.25) is 0 Å². The van der Waals surface area contributed by atoms with E-state index >= 15 is 0 Å². The van der Waals surface area contributed by atoms with Gasteiger partial charge < -0.3 is 5.32 Å². The minimum atomic E-state index is 0.587. The highest BCUT2D eigenvalue weighted by Crippen LogP contribution is 2.32. The molecule has 3 nitrogen and oxygen atoms in total. The smallest absolute Gasteiger partial charge is 0.147 e. The molecule has 0 aromatic carbocycles. The van der Waals surface area contributed by atoms with Gasteiger partial charge in [0.25, 0.3) is 0 Å². The summed E-state index contributed by atoms with van der Waals surface area (Å²) in [7, 11) is 0. The van der Waals surface area contributed by atoms with Crippen molar-refractivity contribution in [1.29, 1.82) is 0 Å². The van der Waals surface area contributed by atoms with E-state index in [-0.39, 0.29) is 0 Å². The van der Waals surface area contributed by atoms with E-state index in [1.807, 2.05) is 0 Å². The fourth-order valence-electron chi connectivity index (χ4n) is 3.27. The van der Waals surface area contributed by atoms with Gasteiger partial charge in [0, 0.05) is 6.04 Å². The average molecular weight is 289 g/mol. The van der Waals surface area contributed by atoms with Crippen LogP contribution in [0.4, 0.5) is 5.82 Å². The first-order valence-corrected chi connectivity index (χ1v) is 8.61. The summed E-state index contributed by atoms with van der Waals surface area (Å²) in [6.07, 6.45) is 9.69. The number of nitrogens with one attached hydrogen (secondary N) is 1. The predicted octanol–water partition coefficient (Wildman–Crippen LogP) is 4.77. The van der Waals surface area contributed by atoms with E-state index in [1.165, 1.54) is 48.8 Å². The van der Waals surface area contributed by atoms with Crippen LogP contribution in [0.25, 0.3) is 10.2 Å². The number of hydrogen-bond donors (Lipinski definition) is 1. The van der Waals surface area contributed by atoms with Crippen LogP contribution in [0, 0.1) is 12.8 Å². The summed E-state index contributed by atoms with van der Waals surface area (Å²) in [5, 5.41) is 5.83. The number of aryl methyl sites for hydroxylation is 1. The predicted molar refractivity (Wildman–Crippen MR) is 86.4 cm³/mol. The number of anilines is 1. The minimum absolute atomic E-state index is 0.587. The van der Waals surface area contributed by atoms with Crippen LogP contribution in [0.3, 0.4) is 0 Å². The largest absolute Gasteiger partial charge is 0.366 e. The fraction of sp³-hybridized carbons (Fsp3) is 0.625. The summed E-state index contributed by atoms with van der Waals surface area (Å²) in [5.74, 6) is 1.99. The maximum atomic E-state index is 4.46. The molecule has 0 bridgehead atoms. The van der Waals surface area contributed by atoms with Crippen LogP contribution in [-0.2, 0) is 0 Å². The van der Waals surface area contributed by atoms with Crippen molar-refractivity contribution in [3.63, 3.8) is 0 Å². The lowest BCUT2D eigenvalue weighted by Crippen LogP contribution is -2.26. The van der Waals surface area contributed by atoms with E-state index in [0.29, 0.717) is 6.04 Å². The van der Waals surface area contributed by atoms with E-state index in [2.05, 4.69) is 34.5 Å². The maximum absolute atomic E-state index is 4.46. The molecular weight excluding hydrogens is 266 g/mol. The van der Waals surface area contributed by atoms with Gasteiger partial charge in [-0.3, -0.25) is 0 Å². The molecule has 0 saturated heterocycles. The molecule has 1 aliphatic carbocycles. The summed E-state index contributed by atoms with van der Waals surface area (Å²) in [6, 6.07) is 0.587. The van der Waals surface area contributed by atoms with Crippen LogP contribution in [0.1, 0.15) is 51.0 Å². The Balaban J connectivity index is 1.68. The van der Waals surface area contributed by atoms with E-state index < -0.39 is 0 Å². The van der Waals surface area contributed by atoms with Gasteiger partial charge in [-0.15, -0.1) is 11.3 Å². The lowest BCUT2D eigenvalue weighted by Gasteiger charge is -2.29. The third-order valence-corrected chi connectivity index (χ3v) is 5.51. The molecule has 2 aromatic heterocycles. The number of nitrogens with zero attached hydrogens (tertiary/aromatic N) is 2. The Hall–Kier alpha value is -1.16. The Morgan fingerprint density at radius 3 is 2.80 bits per heavy atom. The summed E-state index contributed by atoms with van der Waals surface area (Å²) in [5.41, 5.74) is 2.36. The molecule has 0 unspecified atom stereocenters. The quantitative estimate of drug-likeness (QED) is 0.881. The van der Waals surface area contributed by atoms with Crippen LogP contribution in [0.15, 0.2) is 11.7 Å². The summed E-state index contributed by atoms with van der Waals surface area (Å²) in [4.78, 5) is 8.85. The van der Waals surface area contributed by atoms with E-state index in [9.17, 15) is 0 Å². The zero-order valence-electron chi connectivity index (χ0n) is 12.4. The summed E-state index contributed by atoms with van der Waals surface area (Å²) in [6.45, 7) is 4.41. The van der Waals surface area contributed by atoms with Gasteiger partial charge >= 0.3 is 0 Å². The number of hydrogen-bond acceptors (Lipinski definition) is 4. The average Bonchev–Trinajstić information content (AvgIpc) is 2.84. The molecule has 1 fully saturated rings. The third-order valence-electron chi connectivity index (χ3n) is 4.42. The van der Waals surface area contributed by atoms with Gasteiger partial charge in [-0.2, -0.15) is 0 Å². The van der Waals surface area contributed by atoms with Crippen molar-refractivity contribution >= 4 is 27.4 Å². The Labute approximate surface area is 124 Å². The van der Waals surface area contributed by atoms with Gasteiger partial charge in [0.15, 0.2) is 0 Å². The van der Waals surface area contributed by atoms with Crippen LogP contribution in [-0.4, -0.2) is 16.0 Å². The van der Waals surface area contributed by atoms with Crippen molar-refractivity contribution < 1.29 is 0 Å². The van der Waals surface area contributed by atoms with Crippen molar-refractivity contribution in [1.82, 2.24) is 9.97 Å². The highest BCUT2D eigenvalue weighted by molar-refractivity contribution is 7.18. The molecule has 0 atom stereocenters. The number of fused-ring (bicyclic) bond motifs is 1. The van der Waals surface area contributed by atoms with Gasteiger partial charge in [0.05, 0.1) is 10.2 Å². The zero-order valence-corrected chi connectivity index (χ0v) is 13.2. The van der Waals surface area contributed by atoms with Crippen molar-refractivity contribution in [2.24, 2.45) is 5.92 Å². The molecule has 0 aliphatic heterocycles. The molecule has 2 aromatic rings. The lowest BCUT2D eigenvalue weighted by molar-refractivity contribution is 0.318. The molecule has 3 rings (SSSR count). The zero-order chi connectivity index (χ0) is 13.9. The molecule has 1 aliphatic rings. The van der Waals surface area contributed by atoms with Crippen LogP contribution >= 0.6 is 11.3 Å². The Kier molecular flexibility index (Phi) is 4.20. The molecule has 0 amide bonds. The Morgan fingerprint density at radius 2 is 2.05 bits per heavy atom. The van der Waals surface area contributed by atoms with Crippen molar-refractivity contribution in [3.8, 4) is 0 Å². The van der Waals surface area contributed by atoms with Crippen LogP contribution in [0.2, 0.25) is 0 Å². The highest BCUT2D eigenvalue weighted by Gasteiger charge is 2.21. The first-order valence-electron chi connectivity index (χ1n) is 7.73. The first-order chi connectivity index (χ1) is 9.78. The van der Waals surface area contributed by atoms with Crippen LogP contribution in [0.5, 0.6) is 0 Å². The molecule has 1 saturated carbocycles. The third kappa shape index (κ3) is 2.80. The molecule has 108 valence electrons. The lowest BCUT2D eigenvalue weighted by atomic mass is 9.83. The van der Waals surface area contributed by atoms with Crippen LogP contribution < -0.4 is 5.32 Å². The van der Waals surface area contributed by atoms with E-state index in [0.717, 1.165) is 17.3 Å². The molecular formula is C16H23N3S. The monoisotopic (exact) mass is 289 g/mol. The summed E-state index contributed by atoms with van der Waals surface area (Å²) < 4.78 is 1.21. The first kappa shape index (κ1) is 13.8. The van der Waals surface area contributed by atoms with Crippen molar-refractivity contribution in [2.45, 2.75) is 58.4 Å². The normalized spacial score (nSPS) is 23.1. The van der Waals surface area contributed by atoms with Crippen molar-refractivity contribution in [2.75, 3.05) is 5.32 Å². The van der Waals surface area contributed by atoms with E-state index in [4.69, 9.17) is 0 Å². The Morgan fingerprint density at radius 1 is 1.25 bits per heavy atom. The molecule has 1 N–H and O–H groups in total. The SMILES string of the molecule is CCCC1CCC(Nc2ncnc3c(C)csc23)CC1. The van der Waals surface area contributed by atoms with Crippen molar-refractivity contribution in [3.05, 3.63) is 17.3 Å². The number of rotatable bonds is 4. The molecule has 20 heavy (non-hydrogen) atoms. The number of aromatic nitrogens is 2. The summed E-state index contributed by atoms with van der Waals surface area (Å²) >= 11 is 1.75. The molecule has 0 spiro atoms. The molecule has 4 heteroatoms. The number of thiophene rings is 1. The topological polar surface area (TPSA) is 37.8 Å². The molecule has 2 heterocycles. The van der Waals surface area contributed by atoms with Gasteiger partial charge in [-0.25, -0.2) is 9.97 Å². The fourth-order valence-corrected chi connectivity index (χ4v) is 4.22. The second kappa shape index (κ2) is 6.08. The second-order valence-electron chi connectivity index (χ2n) is 5.97. The van der Waals surface area contributed by atoms with Gasteiger partial charge in [-0.1, -0.05) is 19.8 Å². The van der Waals surface area contributed by atoms with E-state index in [1.54, 1.807) is 17.7 Å². The maximum Gasteiger partial charge on any atom is 0.147 e. The van der Waals surface area contributed by atoms with Gasteiger partial charge in [0.1, 0.15) is 12.1 Å². The standard InChI is InChI=1S/C16H23N3S/c1-3-4-12-5-7-13(8-6-12)19-16-15-14(17-10-18-16)11(2)9-20-15/h9-10,12-13H,3-8H2,1-2H3,(H,17,18,19). The Bertz CT molecular complexity index is 570. The highest BCUT2D eigenvalue weighted by atomic mass is 32.1. The second-order valence-corrected chi connectivity index (χ2v) is 6.85. The minimum Gasteiger partial charge on any atom is -0.366 e.